The highest BCUT2D eigenvalue weighted by molar-refractivity contribution is 4.94. The zero-order valence-electron chi connectivity index (χ0n) is 8.43. The summed E-state index contributed by atoms with van der Waals surface area (Å²) in [6.07, 6.45) is 8.95. The van der Waals surface area contributed by atoms with Crippen molar-refractivity contribution in [1.82, 2.24) is 0 Å². The van der Waals surface area contributed by atoms with Gasteiger partial charge in [0.1, 0.15) is 0 Å². The standard InChI is InChI=1S/C11H21NO/c12-11(6-2-1-3-7-11)10-4-8-13-9-5-10/h10H,1-9,12H2. The van der Waals surface area contributed by atoms with Crippen LogP contribution in [0.1, 0.15) is 44.9 Å². The van der Waals surface area contributed by atoms with Crippen LogP contribution < -0.4 is 5.73 Å². The third kappa shape index (κ3) is 2.05. The van der Waals surface area contributed by atoms with Crippen molar-refractivity contribution >= 4 is 0 Å². The summed E-state index contributed by atoms with van der Waals surface area (Å²) in [7, 11) is 0. The monoisotopic (exact) mass is 183 g/mol. The minimum atomic E-state index is 0.169. The Morgan fingerprint density at radius 2 is 1.62 bits per heavy atom. The number of nitrogens with two attached hydrogens (primary N) is 1. The molecule has 2 rings (SSSR count). The van der Waals surface area contributed by atoms with Crippen molar-refractivity contribution in [2.24, 2.45) is 11.7 Å². The van der Waals surface area contributed by atoms with Gasteiger partial charge in [0.25, 0.3) is 0 Å². The van der Waals surface area contributed by atoms with Gasteiger partial charge in [-0.05, 0) is 31.6 Å². The zero-order chi connectivity index (χ0) is 9.15. The van der Waals surface area contributed by atoms with Gasteiger partial charge in [0.05, 0.1) is 0 Å². The van der Waals surface area contributed by atoms with Crippen LogP contribution in [0, 0.1) is 5.92 Å². The van der Waals surface area contributed by atoms with Gasteiger partial charge in [-0.15, -0.1) is 0 Å². The Kier molecular flexibility index (Phi) is 2.89. The predicted molar refractivity (Wildman–Crippen MR) is 53.5 cm³/mol. The molecule has 2 heteroatoms. The maximum Gasteiger partial charge on any atom is 0.0469 e. The maximum absolute atomic E-state index is 6.48. The molecule has 2 nitrogen and oxygen atoms in total. The fourth-order valence-electron chi connectivity index (χ4n) is 2.89. The van der Waals surface area contributed by atoms with Crippen LogP contribution in [-0.4, -0.2) is 18.8 Å². The molecule has 0 aromatic carbocycles. The first-order chi connectivity index (χ1) is 6.31. The molecule has 1 aliphatic carbocycles. The molecular weight excluding hydrogens is 162 g/mol. The van der Waals surface area contributed by atoms with E-state index in [1.54, 1.807) is 0 Å². The second-order valence-electron chi connectivity index (χ2n) is 4.68. The number of ether oxygens (including phenoxy) is 1. The summed E-state index contributed by atoms with van der Waals surface area (Å²) in [5.41, 5.74) is 6.65. The minimum Gasteiger partial charge on any atom is -0.381 e. The number of hydrogen-bond acceptors (Lipinski definition) is 2. The van der Waals surface area contributed by atoms with E-state index in [0.29, 0.717) is 0 Å². The van der Waals surface area contributed by atoms with Crippen LogP contribution in [0.2, 0.25) is 0 Å². The van der Waals surface area contributed by atoms with Crippen molar-refractivity contribution in [3.8, 4) is 0 Å². The first-order valence-corrected chi connectivity index (χ1v) is 5.68. The van der Waals surface area contributed by atoms with Gasteiger partial charge >= 0.3 is 0 Å². The first-order valence-electron chi connectivity index (χ1n) is 5.68. The molecule has 1 saturated carbocycles. The lowest BCUT2D eigenvalue weighted by atomic mass is 9.71. The highest BCUT2D eigenvalue weighted by atomic mass is 16.5. The summed E-state index contributed by atoms with van der Waals surface area (Å²) in [5.74, 6) is 0.738. The maximum atomic E-state index is 6.48. The third-order valence-corrected chi connectivity index (χ3v) is 3.82. The van der Waals surface area contributed by atoms with E-state index in [0.717, 1.165) is 19.1 Å². The molecule has 2 fully saturated rings. The molecule has 0 aromatic heterocycles. The quantitative estimate of drug-likeness (QED) is 0.675. The Balaban J connectivity index is 1.94. The van der Waals surface area contributed by atoms with Crippen molar-refractivity contribution in [2.45, 2.75) is 50.5 Å². The molecule has 13 heavy (non-hydrogen) atoms. The molecule has 76 valence electrons. The van der Waals surface area contributed by atoms with Crippen LogP contribution >= 0.6 is 0 Å². The highest BCUT2D eigenvalue weighted by Crippen LogP contribution is 2.36. The largest absolute Gasteiger partial charge is 0.381 e. The van der Waals surface area contributed by atoms with Crippen LogP contribution in [-0.2, 0) is 4.74 Å². The Morgan fingerprint density at radius 3 is 2.23 bits per heavy atom. The van der Waals surface area contributed by atoms with Crippen molar-refractivity contribution in [1.29, 1.82) is 0 Å². The third-order valence-electron chi connectivity index (χ3n) is 3.82. The Hall–Kier alpha value is -0.0800. The van der Waals surface area contributed by atoms with Crippen molar-refractivity contribution in [3.63, 3.8) is 0 Å². The van der Waals surface area contributed by atoms with Crippen LogP contribution in [0.25, 0.3) is 0 Å². The molecule has 0 spiro atoms. The Morgan fingerprint density at radius 1 is 1.00 bits per heavy atom. The van der Waals surface area contributed by atoms with Gasteiger partial charge in [-0.2, -0.15) is 0 Å². The lowest BCUT2D eigenvalue weighted by molar-refractivity contribution is 0.0284. The van der Waals surface area contributed by atoms with E-state index in [4.69, 9.17) is 10.5 Å². The average Bonchev–Trinajstić information content (AvgIpc) is 2.20. The molecule has 2 N–H and O–H groups in total. The molecule has 0 bridgehead atoms. The van der Waals surface area contributed by atoms with Gasteiger partial charge in [0.2, 0.25) is 0 Å². The zero-order valence-corrected chi connectivity index (χ0v) is 8.43. The summed E-state index contributed by atoms with van der Waals surface area (Å²) >= 11 is 0. The van der Waals surface area contributed by atoms with Gasteiger partial charge < -0.3 is 10.5 Å². The fraction of sp³-hybridized carbons (Fsp3) is 1.00. The number of hydrogen-bond donors (Lipinski definition) is 1. The van der Waals surface area contributed by atoms with E-state index in [1.165, 1.54) is 44.9 Å². The topological polar surface area (TPSA) is 35.2 Å². The lowest BCUT2D eigenvalue weighted by Gasteiger charge is -2.42. The van der Waals surface area contributed by atoms with E-state index < -0.39 is 0 Å². The van der Waals surface area contributed by atoms with E-state index >= 15 is 0 Å². The molecule has 1 heterocycles. The minimum absolute atomic E-state index is 0.169. The highest BCUT2D eigenvalue weighted by Gasteiger charge is 2.36. The SMILES string of the molecule is NC1(C2CCOCC2)CCCCC1. The van der Waals surface area contributed by atoms with E-state index in [1.807, 2.05) is 0 Å². The molecule has 0 unspecified atom stereocenters. The van der Waals surface area contributed by atoms with Crippen molar-refractivity contribution < 1.29 is 4.74 Å². The van der Waals surface area contributed by atoms with Gasteiger partial charge in [-0.25, -0.2) is 0 Å². The summed E-state index contributed by atoms with van der Waals surface area (Å²) in [6, 6.07) is 0. The van der Waals surface area contributed by atoms with Crippen LogP contribution in [0.3, 0.4) is 0 Å². The Bertz CT molecular complexity index is 157. The second kappa shape index (κ2) is 3.97. The van der Waals surface area contributed by atoms with Crippen molar-refractivity contribution in [2.75, 3.05) is 13.2 Å². The summed E-state index contributed by atoms with van der Waals surface area (Å²) in [5, 5.41) is 0. The molecule has 0 aromatic rings. The van der Waals surface area contributed by atoms with Gasteiger partial charge in [0.15, 0.2) is 0 Å². The van der Waals surface area contributed by atoms with E-state index in [-0.39, 0.29) is 5.54 Å². The average molecular weight is 183 g/mol. The summed E-state index contributed by atoms with van der Waals surface area (Å²) < 4.78 is 5.38. The smallest absolute Gasteiger partial charge is 0.0469 e. The molecule has 2 aliphatic rings. The summed E-state index contributed by atoms with van der Waals surface area (Å²) in [6.45, 7) is 1.87. The van der Waals surface area contributed by atoms with Crippen LogP contribution in [0.4, 0.5) is 0 Å². The lowest BCUT2D eigenvalue weighted by Crippen LogP contribution is -2.50. The fourth-order valence-corrected chi connectivity index (χ4v) is 2.89. The first kappa shape index (κ1) is 9.47. The Labute approximate surface area is 80.8 Å². The molecule has 1 aliphatic heterocycles. The van der Waals surface area contributed by atoms with Crippen molar-refractivity contribution in [3.05, 3.63) is 0 Å². The normalized spacial score (nSPS) is 30.2. The van der Waals surface area contributed by atoms with Gasteiger partial charge in [0, 0.05) is 18.8 Å². The van der Waals surface area contributed by atoms with Crippen LogP contribution in [0.15, 0.2) is 0 Å². The predicted octanol–water partition coefficient (Wildman–Crippen LogP) is 2.07. The number of rotatable bonds is 1. The van der Waals surface area contributed by atoms with E-state index in [2.05, 4.69) is 0 Å². The molecule has 1 saturated heterocycles. The molecular formula is C11H21NO. The second-order valence-corrected chi connectivity index (χ2v) is 4.68. The van der Waals surface area contributed by atoms with E-state index in [9.17, 15) is 0 Å². The molecule has 0 atom stereocenters. The van der Waals surface area contributed by atoms with Gasteiger partial charge in [-0.3, -0.25) is 0 Å². The van der Waals surface area contributed by atoms with Gasteiger partial charge in [-0.1, -0.05) is 19.3 Å². The molecule has 0 amide bonds. The van der Waals surface area contributed by atoms with Crippen LogP contribution in [0.5, 0.6) is 0 Å². The summed E-state index contributed by atoms with van der Waals surface area (Å²) in [4.78, 5) is 0. The molecule has 0 radical (unpaired) electrons.